The number of nitrogens with one attached hydrogen (secondary N) is 1. The highest BCUT2D eigenvalue weighted by atomic mass is 14.9. The molecule has 0 aliphatic heterocycles. The topological polar surface area (TPSA) is 24.9 Å². The molecule has 1 aromatic rings. The summed E-state index contributed by atoms with van der Waals surface area (Å²) < 4.78 is 0. The molecule has 1 atom stereocenters. The molecule has 2 nitrogen and oxygen atoms in total. The van der Waals surface area contributed by atoms with E-state index in [-0.39, 0.29) is 0 Å². The molecule has 1 N–H and O–H groups in total. The fraction of sp³-hybridized carbons (Fsp3) is 0.545. The van der Waals surface area contributed by atoms with Crippen LogP contribution in [0.1, 0.15) is 31.4 Å². The van der Waals surface area contributed by atoms with Crippen molar-refractivity contribution in [3.05, 3.63) is 30.1 Å². The Balaban J connectivity index is 1.85. The first-order chi connectivity index (χ1) is 6.36. The monoisotopic (exact) mass is 176 g/mol. The van der Waals surface area contributed by atoms with Gasteiger partial charge in [0, 0.05) is 30.4 Å². The number of hydrogen-bond donors (Lipinski definition) is 1. The maximum absolute atomic E-state index is 4.34. The van der Waals surface area contributed by atoms with Crippen molar-refractivity contribution < 1.29 is 0 Å². The molecule has 2 rings (SSSR count). The van der Waals surface area contributed by atoms with Crippen LogP contribution in [0.3, 0.4) is 0 Å². The van der Waals surface area contributed by atoms with Crippen LogP contribution in [-0.2, 0) is 0 Å². The zero-order valence-electron chi connectivity index (χ0n) is 8.03. The first-order valence-electron chi connectivity index (χ1n) is 5.00. The van der Waals surface area contributed by atoms with Gasteiger partial charge in [-0.1, -0.05) is 13.0 Å². The molecular weight excluding hydrogens is 160 g/mol. The lowest BCUT2D eigenvalue weighted by molar-refractivity contribution is 0.602. The van der Waals surface area contributed by atoms with E-state index in [1.165, 1.54) is 18.5 Å². The summed E-state index contributed by atoms with van der Waals surface area (Å²) in [5.41, 5.74) is 1.19. The van der Waals surface area contributed by atoms with E-state index in [0.717, 1.165) is 12.6 Å². The zero-order chi connectivity index (χ0) is 9.10. The standard InChI is InChI=1S/C11H16N2/c1-9(8-13-10-5-6-10)11-4-2-3-7-12-11/h2-4,7,9-10,13H,5-6,8H2,1H3. The molecule has 0 spiro atoms. The van der Waals surface area contributed by atoms with Gasteiger partial charge in [0.25, 0.3) is 0 Å². The van der Waals surface area contributed by atoms with Crippen molar-refractivity contribution in [3.8, 4) is 0 Å². The first-order valence-corrected chi connectivity index (χ1v) is 5.00. The number of pyridine rings is 1. The molecule has 1 heterocycles. The highest BCUT2D eigenvalue weighted by Gasteiger charge is 2.21. The minimum Gasteiger partial charge on any atom is -0.313 e. The van der Waals surface area contributed by atoms with Crippen molar-refractivity contribution in [1.29, 1.82) is 0 Å². The van der Waals surface area contributed by atoms with E-state index in [0.29, 0.717) is 5.92 Å². The van der Waals surface area contributed by atoms with Crippen LogP contribution in [0.15, 0.2) is 24.4 Å². The van der Waals surface area contributed by atoms with Crippen molar-refractivity contribution in [1.82, 2.24) is 10.3 Å². The normalized spacial score (nSPS) is 18.5. The van der Waals surface area contributed by atoms with Crippen LogP contribution in [0, 0.1) is 0 Å². The average molecular weight is 176 g/mol. The number of rotatable bonds is 4. The number of aromatic nitrogens is 1. The molecule has 1 aliphatic rings. The predicted octanol–water partition coefficient (Wildman–Crippen LogP) is 1.94. The molecule has 0 aromatic carbocycles. The van der Waals surface area contributed by atoms with Crippen LogP contribution in [0.5, 0.6) is 0 Å². The first kappa shape index (κ1) is 8.70. The number of nitrogens with zero attached hydrogens (tertiary/aromatic N) is 1. The van der Waals surface area contributed by atoms with Gasteiger partial charge in [0.1, 0.15) is 0 Å². The van der Waals surface area contributed by atoms with Gasteiger partial charge in [0.2, 0.25) is 0 Å². The van der Waals surface area contributed by atoms with Crippen molar-refractivity contribution in [2.24, 2.45) is 0 Å². The largest absolute Gasteiger partial charge is 0.313 e. The second-order valence-corrected chi connectivity index (χ2v) is 3.84. The molecule has 0 bridgehead atoms. The molecule has 0 amide bonds. The maximum Gasteiger partial charge on any atom is 0.0444 e. The van der Waals surface area contributed by atoms with Gasteiger partial charge in [0.05, 0.1) is 0 Å². The third-order valence-electron chi connectivity index (χ3n) is 2.48. The smallest absolute Gasteiger partial charge is 0.0444 e. The van der Waals surface area contributed by atoms with Gasteiger partial charge in [-0.3, -0.25) is 4.98 Å². The molecule has 0 saturated heterocycles. The Morgan fingerprint density at radius 3 is 3.00 bits per heavy atom. The van der Waals surface area contributed by atoms with Crippen LogP contribution in [-0.4, -0.2) is 17.6 Å². The molecule has 1 aliphatic carbocycles. The van der Waals surface area contributed by atoms with Crippen LogP contribution < -0.4 is 5.32 Å². The molecular formula is C11H16N2. The summed E-state index contributed by atoms with van der Waals surface area (Å²) in [4.78, 5) is 4.34. The molecule has 1 unspecified atom stereocenters. The summed E-state index contributed by atoms with van der Waals surface area (Å²) >= 11 is 0. The van der Waals surface area contributed by atoms with E-state index in [9.17, 15) is 0 Å². The molecule has 70 valence electrons. The van der Waals surface area contributed by atoms with Crippen molar-refractivity contribution >= 4 is 0 Å². The highest BCUT2D eigenvalue weighted by Crippen LogP contribution is 2.20. The van der Waals surface area contributed by atoms with E-state index >= 15 is 0 Å². The predicted molar refractivity (Wildman–Crippen MR) is 53.7 cm³/mol. The zero-order valence-corrected chi connectivity index (χ0v) is 8.03. The summed E-state index contributed by atoms with van der Waals surface area (Å²) in [5, 5.41) is 3.51. The Bertz CT molecular complexity index is 254. The van der Waals surface area contributed by atoms with Crippen LogP contribution in [0.2, 0.25) is 0 Å². The average Bonchev–Trinajstić information content (AvgIpc) is 2.99. The lowest BCUT2D eigenvalue weighted by Crippen LogP contribution is -2.22. The highest BCUT2D eigenvalue weighted by molar-refractivity contribution is 5.09. The van der Waals surface area contributed by atoms with Gasteiger partial charge in [-0.2, -0.15) is 0 Å². The fourth-order valence-corrected chi connectivity index (χ4v) is 1.40. The summed E-state index contributed by atoms with van der Waals surface area (Å²) in [6.07, 6.45) is 4.58. The Labute approximate surface area is 79.4 Å². The van der Waals surface area contributed by atoms with Crippen molar-refractivity contribution in [3.63, 3.8) is 0 Å². The Morgan fingerprint density at radius 1 is 1.54 bits per heavy atom. The Kier molecular flexibility index (Phi) is 2.60. The van der Waals surface area contributed by atoms with Crippen molar-refractivity contribution in [2.45, 2.75) is 31.7 Å². The summed E-state index contributed by atoms with van der Waals surface area (Å²) in [6, 6.07) is 6.91. The van der Waals surface area contributed by atoms with E-state index in [1.807, 2.05) is 12.3 Å². The van der Waals surface area contributed by atoms with Crippen LogP contribution >= 0.6 is 0 Å². The van der Waals surface area contributed by atoms with Crippen LogP contribution in [0.4, 0.5) is 0 Å². The lowest BCUT2D eigenvalue weighted by atomic mass is 10.1. The maximum atomic E-state index is 4.34. The van der Waals surface area contributed by atoms with E-state index in [4.69, 9.17) is 0 Å². The quantitative estimate of drug-likeness (QED) is 0.758. The molecule has 13 heavy (non-hydrogen) atoms. The summed E-state index contributed by atoms with van der Waals surface area (Å²) in [7, 11) is 0. The van der Waals surface area contributed by atoms with Gasteiger partial charge in [-0.15, -0.1) is 0 Å². The second kappa shape index (κ2) is 3.88. The van der Waals surface area contributed by atoms with E-state index < -0.39 is 0 Å². The molecule has 2 heteroatoms. The van der Waals surface area contributed by atoms with Gasteiger partial charge >= 0.3 is 0 Å². The SMILES string of the molecule is CC(CNC1CC1)c1ccccn1. The van der Waals surface area contributed by atoms with Gasteiger partial charge in [-0.05, 0) is 25.0 Å². The summed E-state index contributed by atoms with van der Waals surface area (Å²) in [5.74, 6) is 0.529. The third-order valence-corrected chi connectivity index (χ3v) is 2.48. The minimum absolute atomic E-state index is 0.529. The van der Waals surface area contributed by atoms with Gasteiger partial charge in [0.15, 0.2) is 0 Å². The molecule has 1 aromatic heterocycles. The molecule has 1 fully saturated rings. The van der Waals surface area contributed by atoms with E-state index in [1.54, 1.807) is 0 Å². The molecule has 1 saturated carbocycles. The minimum atomic E-state index is 0.529. The Morgan fingerprint density at radius 2 is 2.38 bits per heavy atom. The lowest BCUT2D eigenvalue weighted by Gasteiger charge is -2.10. The van der Waals surface area contributed by atoms with Gasteiger partial charge in [-0.25, -0.2) is 0 Å². The number of hydrogen-bond acceptors (Lipinski definition) is 2. The van der Waals surface area contributed by atoms with Crippen molar-refractivity contribution in [2.75, 3.05) is 6.54 Å². The third kappa shape index (κ3) is 2.52. The molecule has 0 radical (unpaired) electrons. The van der Waals surface area contributed by atoms with Crippen LogP contribution in [0.25, 0.3) is 0 Å². The fourth-order valence-electron chi connectivity index (χ4n) is 1.40. The second-order valence-electron chi connectivity index (χ2n) is 3.84. The van der Waals surface area contributed by atoms with Gasteiger partial charge < -0.3 is 5.32 Å². The van der Waals surface area contributed by atoms with E-state index in [2.05, 4.69) is 29.4 Å². The summed E-state index contributed by atoms with van der Waals surface area (Å²) in [6.45, 7) is 3.28. The Hall–Kier alpha value is -0.890.